The van der Waals surface area contributed by atoms with Crippen LogP contribution in [0.5, 0.6) is 5.75 Å². The molecule has 64 heavy (non-hydrogen) atoms. The van der Waals surface area contributed by atoms with E-state index in [0.29, 0.717) is 113 Å². The molecule has 1 saturated heterocycles. The number of anilines is 2. The van der Waals surface area contributed by atoms with E-state index in [4.69, 9.17) is 23.9 Å². The minimum absolute atomic E-state index is 0.0154. The SMILES string of the molecule is CC[C@@H]1C(=O)N(C)c2cnc(Cc3ccc(C(=O)CCCOCCOCCOCCCCC#Cc4cccc5c4CN(C4CCC(=O)NC4=O)C5=O)cc3OC)nc2N1C1CCCC1. The summed E-state index contributed by atoms with van der Waals surface area (Å²) in [5.41, 5.74) is 4.37. The number of imide groups is 1. The number of benzene rings is 2. The van der Waals surface area contributed by atoms with Crippen LogP contribution >= 0.6 is 0 Å². The fourth-order valence-electron chi connectivity index (χ4n) is 9.04. The molecule has 1 N–H and O–H groups in total. The number of hydrogen-bond acceptors (Lipinski definition) is 12. The summed E-state index contributed by atoms with van der Waals surface area (Å²) in [6.07, 6.45) is 11.2. The summed E-state index contributed by atoms with van der Waals surface area (Å²) in [7, 11) is 3.40. The van der Waals surface area contributed by atoms with Crippen molar-refractivity contribution in [3.05, 3.63) is 76.2 Å². The first-order valence-corrected chi connectivity index (χ1v) is 22.8. The van der Waals surface area contributed by atoms with Gasteiger partial charge in [0, 0.05) is 80.8 Å². The summed E-state index contributed by atoms with van der Waals surface area (Å²) in [6.45, 7) is 5.22. The van der Waals surface area contributed by atoms with Crippen LogP contribution in [0, 0.1) is 11.8 Å². The summed E-state index contributed by atoms with van der Waals surface area (Å²) in [6, 6.07) is 10.4. The smallest absolute Gasteiger partial charge is 0.255 e. The molecule has 7 rings (SSSR count). The third-order valence-electron chi connectivity index (χ3n) is 12.5. The Labute approximate surface area is 375 Å². The Balaban J connectivity index is 0.745. The van der Waals surface area contributed by atoms with E-state index in [1.54, 1.807) is 42.3 Å². The van der Waals surface area contributed by atoms with Crippen LogP contribution < -0.4 is 19.9 Å². The molecule has 4 heterocycles. The molecule has 2 atom stereocenters. The van der Waals surface area contributed by atoms with Gasteiger partial charge < -0.3 is 33.6 Å². The fourth-order valence-corrected chi connectivity index (χ4v) is 9.04. The monoisotopic (exact) mass is 876 g/mol. The van der Waals surface area contributed by atoms with Crippen LogP contribution in [0.15, 0.2) is 42.6 Å². The Morgan fingerprint density at radius 1 is 0.922 bits per heavy atom. The number of carbonyl (C=O) groups is 5. The maximum atomic E-state index is 13.3. The molecule has 0 bridgehead atoms. The summed E-state index contributed by atoms with van der Waals surface area (Å²) in [5, 5.41) is 2.34. The van der Waals surface area contributed by atoms with E-state index >= 15 is 0 Å². The van der Waals surface area contributed by atoms with Crippen molar-refractivity contribution in [1.29, 1.82) is 0 Å². The van der Waals surface area contributed by atoms with Crippen LogP contribution in [-0.2, 0) is 41.6 Å². The first-order valence-electron chi connectivity index (χ1n) is 22.8. The van der Waals surface area contributed by atoms with Crippen LogP contribution in [0.25, 0.3) is 0 Å². The molecule has 1 saturated carbocycles. The quantitative estimate of drug-likeness (QED) is 0.0612. The molecular formula is C49H60N6O9. The lowest BCUT2D eigenvalue weighted by atomic mass is 10.0. The molecule has 4 amide bonds. The first kappa shape index (κ1) is 46.3. The van der Waals surface area contributed by atoms with Gasteiger partial charge in [-0.25, -0.2) is 9.97 Å². The predicted octanol–water partition coefficient (Wildman–Crippen LogP) is 5.58. The Hall–Kier alpha value is -5.69. The van der Waals surface area contributed by atoms with Gasteiger partial charge in [-0.3, -0.25) is 29.3 Å². The Bertz CT molecular complexity index is 2250. The average molecular weight is 877 g/mol. The molecule has 340 valence electrons. The highest BCUT2D eigenvalue weighted by Gasteiger charge is 2.42. The van der Waals surface area contributed by atoms with Crippen molar-refractivity contribution in [2.45, 2.75) is 115 Å². The van der Waals surface area contributed by atoms with Crippen LogP contribution in [0.3, 0.4) is 0 Å². The van der Waals surface area contributed by atoms with Crippen molar-refractivity contribution in [3.63, 3.8) is 0 Å². The molecule has 3 aromatic rings. The molecule has 2 fully saturated rings. The number of methoxy groups -OCH3 is 1. The molecule has 1 aromatic heterocycles. The van der Waals surface area contributed by atoms with E-state index in [0.717, 1.165) is 66.7 Å². The second-order valence-corrected chi connectivity index (χ2v) is 16.7. The lowest BCUT2D eigenvalue weighted by Crippen LogP contribution is -2.55. The minimum atomic E-state index is -0.647. The van der Waals surface area contributed by atoms with Crippen molar-refractivity contribution in [2.75, 3.05) is 63.6 Å². The van der Waals surface area contributed by atoms with E-state index in [-0.39, 0.29) is 36.0 Å². The Morgan fingerprint density at radius 3 is 2.41 bits per heavy atom. The number of fused-ring (bicyclic) bond motifs is 2. The minimum Gasteiger partial charge on any atom is -0.496 e. The molecule has 1 aliphatic carbocycles. The van der Waals surface area contributed by atoms with Crippen molar-refractivity contribution in [1.82, 2.24) is 20.2 Å². The molecule has 3 aliphatic heterocycles. The maximum absolute atomic E-state index is 13.3. The van der Waals surface area contributed by atoms with E-state index in [1.807, 2.05) is 24.3 Å². The largest absolute Gasteiger partial charge is 0.496 e. The van der Waals surface area contributed by atoms with Gasteiger partial charge in [0.2, 0.25) is 17.7 Å². The zero-order chi connectivity index (χ0) is 45.0. The van der Waals surface area contributed by atoms with E-state index < -0.39 is 11.9 Å². The standard InChI is InChI=1S/C49H60N6O9/c1-4-39-49(60)53(2)41-31-50-44(51-46(41)55(39)36-15-8-9-16-36)30-35-20-19-34(29-43(35)61-3)42(56)18-12-24-63-26-28-64-27-25-62-23-10-6-5-7-13-33-14-11-17-37-38(33)32-54(48(37)59)40-21-22-45(57)52-47(40)58/h11,14,17,19-20,29,31,36,39-40H,4-6,8-10,12,15-16,18,21-28,30,32H2,1-3H3,(H,52,57,58)/t39-,40?/m1/s1. The molecule has 0 spiro atoms. The number of amides is 4. The van der Waals surface area contributed by atoms with Crippen molar-refractivity contribution >= 4 is 40.9 Å². The van der Waals surface area contributed by atoms with Gasteiger partial charge in [-0.2, -0.15) is 0 Å². The third kappa shape index (κ3) is 11.0. The number of nitrogens with one attached hydrogen (secondary N) is 1. The van der Waals surface area contributed by atoms with Gasteiger partial charge in [0.1, 0.15) is 29.3 Å². The maximum Gasteiger partial charge on any atom is 0.255 e. The number of likely N-dealkylation sites (N-methyl/N-ethyl adjacent to an activating group) is 1. The topological polar surface area (TPSA) is 170 Å². The lowest BCUT2D eigenvalue weighted by Gasteiger charge is -2.43. The van der Waals surface area contributed by atoms with Crippen molar-refractivity contribution in [3.8, 4) is 17.6 Å². The van der Waals surface area contributed by atoms with Gasteiger partial charge in [0.15, 0.2) is 11.6 Å². The van der Waals surface area contributed by atoms with Crippen LogP contribution in [0.4, 0.5) is 11.5 Å². The van der Waals surface area contributed by atoms with Crippen LogP contribution in [0.2, 0.25) is 0 Å². The highest BCUT2D eigenvalue weighted by Crippen LogP contribution is 2.40. The van der Waals surface area contributed by atoms with E-state index in [9.17, 15) is 24.0 Å². The summed E-state index contributed by atoms with van der Waals surface area (Å²) in [5.74, 6) is 7.65. The van der Waals surface area contributed by atoms with Crippen LogP contribution in [-0.4, -0.2) is 116 Å². The van der Waals surface area contributed by atoms with Crippen LogP contribution in [0.1, 0.15) is 127 Å². The van der Waals surface area contributed by atoms with Gasteiger partial charge in [-0.15, -0.1) is 0 Å². The fraction of sp³-hybridized carbons (Fsp3) is 0.531. The number of ether oxygens (including phenoxy) is 4. The zero-order valence-electron chi connectivity index (χ0n) is 37.3. The summed E-state index contributed by atoms with van der Waals surface area (Å²) in [4.78, 5) is 78.5. The highest BCUT2D eigenvalue weighted by atomic mass is 16.5. The number of Topliss-reactive ketones (excluding diaryl/α,β-unsaturated/α-hetero) is 1. The summed E-state index contributed by atoms with van der Waals surface area (Å²) >= 11 is 0. The number of nitrogens with zero attached hydrogens (tertiary/aromatic N) is 5. The summed E-state index contributed by atoms with van der Waals surface area (Å²) < 4.78 is 22.8. The number of hydrogen-bond donors (Lipinski definition) is 1. The number of piperidine rings is 1. The molecule has 1 unspecified atom stereocenters. The van der Waals surface area contributed by atoms with Crippen molar-refractivity contribution in [2.24, 2.45) is 0 Å². The van der Waals surface area contributed by atoms with Gasteiger partial charge >= 0.3 is 0 Å². The average Bonchev–Trinajstić information content (AvgIpc) is 3.96. The number of ketones is 1. The predicted molar refractivity (Wildman–Crippen MR) is 239 cm³/mol. The molecular weight excluding hydrogens is 817 g/mol. The van der Waals surface area contributed by atoms with E-state index in [2.05, 4.69) is 34.0 Å². The Morgan fingerprint density at radius 2 is 1.67 bits per heavy atom. The molecule has 2 aromatic carbocycles. The Kier molecular flexibility index (Phi) is 16.1. The third-order valence-corrected chi connectivity index (χ3v) is 12.5. The number of rotatable bonds is 21. The number of carbonyl (C=O) groups excluding carboxylic acids is 5. The van der Waals surface area contributed by atoms with Gasteiger partial charge in [-0.05, 0) is 68.7 Å². The number of aromatic nitrogens is 2. The van der Waals surface area contributed by atoms with Gasteiger partial charge in [0.25, 0.3) is 5.91 Å². The molecule has 15 heteroatoms. The molecule has 0 radical (unpaired) electrons. The molecule has 4 aliphatic rings. The molecule has 15 nitrogen and oxygen atoms in total. The first-order chi connectivity index (χ1) is 31.2. The lowest BCUT2D eigenvalue weighted by molar-refractivity contribution is -0.137. The van der Waals surface area contributed by atoms with Gasteiger partial charge in [0.05, 0.1) is 39.7 Å². The second kappa shape index (κ2) is 22.3. The van der Waals surface area contributed by atoms with Crippen molar-refractivity contribution < 1.29 is 42.9 Å². The van der Waals surface area contributed by atoms with E-state index in [1.165, 1.54) is 0 Å². The van der Waals surface area contributed by atoms with Gasteiger partial charge in [-0.1, -0.05) is 49.8 Å². The normalized spacial score (nSPS) is 18.5. The zero-order valence-corrected chi connectivity index (χ0v) is 37.3. The number of unbranched alkanes of at least 4 members (excludes halogenated alkanes) is 2. The highest BCUT2D eigenvalue weighted by molar-refractivity contribution is 6.06. The second-order valence-electron chi connectivity index (χ2n) is 16.7.